The third-order valence-electron chi connectivity index (χ3n) is 4.20. The van der Waals surface area contributed by atoms with Gasteiger partial charge in [-0.2, -0.15) is 0 Å². The molecule has 0 aromatic heterocycles. The summed E-state index contributed by atoms with van der Waals surface area (Å²) in [5, 5.41) is 3.29. The molecule has 0 saturated heterocycles. The number of rotatable bonds is 5. The van der Waals surface area contributed by atoms with E-state index in [9.17, 15) is 8.42 Å². The van der Waals surface area contributed by atoms with Crippen LogP contribution in [-0.4, -0.2) is 8.42 Å². The number of hydrogen-bond donors (Lipinski definition) is 2. The van der Waals surface area contributed by atoms with E-state index in [1.54, 1.807) is 18.2 Å². The smallest absolute Gasteiger partial charge is 0.240 e. The maximum atomic E-state index is 12.5. The van der Waals surface area contributed by atoms with Gasteiger partial charge in [-0.25, -0.2) is 13.1 Å². The van der Waals surface area contributed by atoms with Gasteiger partial charge < -0.3 is 5.32 Å². The molecule has 0 amide bonds. The van der Waals surface area contributed by atoms with Gasteiger partial charge in [-0.15, -0.1) is 0 Å². The number of hydrogen-bond acceptors (Lipinski definition) is 3. The minimum absolute atomic E-state index is 0.300. The summed E-state index contributed by atoms with van der Waals surface area (Å²) in [6, 6.07) is 13.3. The molecule has 4 nitrogen and oxygen atoms in total. The summed E-state index contributed by atoms with van der Waals surface area (Å²) in [5.41, 5.74) is 4.55. The van der Waals surface area contributed by atoms with E-state index in [1.165, 1.54) is 11.1 Å². The summed E-state index contributed by atoms with van der Waals surface area (Å²) < 4.78 is 27.7. The topological polar surface area (TPSA) is 58.2 Å². The van der Waals surface area contributed by atoms with Crippen molar-refractivity contribution in [2.24, 2.45) is 0 Å². The lowest BCUT2D eigenvalue weighted by molar-refractivity contribution is 0.581. The summed E-state index contributed by atoms with van der Waals surface area (Å²) in [6.07, 6.45) is 0. The van der Waals surface area contributed by atoms with E-state index >= 15 is 0 Å². The van der Waals surface area contributed by atoms with Crippen LogP contribution in [0.5, 0.6) is 0 Å². The second kappa shape index (κ2) is 6.43. The highest BCUT2D eigenvalue weighted by molar-refractivity contribution is 7.89. The van der Waals surface area contributed by atoms with Crippen molar-refractivity contribution in [1.29, 1.82) is 0 Å². The summed E-state index contributed by atoms with van der Waals surface area (Å²) in [7, 11) is -3.49. The number of fused-ring (bicyclic) bond motifs is 1. The van der Waals surface area contributed by atoms with E-state index in [4.69, 9.17) is 0 Å². The fourth-order valence-electron chi connectivity index (χ4n) is 2.76. The molecule has 0 atom stereocenters. The van der Waals surface area contributed by atoms with Crippen LogP contribution < -0.4 is 10.0 Å². The summed E-state index contributed by atoms with van der Waals surface area (Å²) >= 11 is 0. The van der Waals surface area contributed by atoms with Crippen LogP contribution in [0.3, 0.4) is 0 Å². The quantitative estimate of drug-likeness (QED) is 0.886. The first-order valence-corrected chi connectivity index (χ1v) is 9.35. The van der Waals surface area contributed by atoms with Crippen LogP contribution in [0.4, 0.5) is 0 Å². The third kappa shape index (κ3) is 3.63. The molecule has 23 heavy (non-hydrogen) atoms. The molecule has 2 aromatic rings. The minimum atomic E-state index is -3.49. The maximum absolute atomic E-state index is 12.5. The second-order valence-electron chi connectivity index (χ2n) is 6.26. The monoisotopic (exact) mass is 330 g/mol. The molecule has 5 heteroatoms. The fourth-order valence-corrected chi connectivity index (χ4v) is 3.83. The Morgan fingerprint density at radius 3 is 2.65 bits per heavy atom. The molecule has 0 radical (unpaired) electrons. The summed E-state index contributed by atoms with van der Waals surface area (Å²) in [4.78, 5) is 0.325. The second-order valence-corrected chi connectivity index (χ2v) is 8.03. The molecule has 1 aliphatic rings. The van der Waals surface area contributed by atoms with Gasteiger partial charge in [-0.05, 0) is 40.3 Å². The predicted molar refractivity (Wildman–Crippen MR) is 91.5 cm³/mol. The first kappa shape index (κ1) is 16.2. The number of sulfonamides is 1. The average molecular weight is 330 g/mol. The van der Waals surface area contributed by atoms with Crippen molar-refractivity contribution in [3.8, 4) is 0 Å². The molecule has 0 unspecified atom stereocenters. The highest BCUT2D eigenvalue weighted by atomic mass is 32.2. The molecule has 0 fully saturated rings. The van der Waals surface area contributed by atoms with Crippen molar-refractivity contribution in [2.75, 3.05) is 0 Å². The summed E-state index contributed by atoms with van der Waals surface area (Å²) in [5.74, 6) is 0.300. The molecule has 1 aliphatic heterocycles. The highest BCUT2D eigenvalue weighted by Crippen LogP contribution is 2.20. The number of benzene rings is 2. The van der Waals surface area contributed by atoms with E-state index in [2.05, 4.69) is 36.0 Å². The molecule has 0 saturated carbocycles. The molecule has 3 rings (SSSR count). The highest BCUT2D eigenvalue weighted by Gasteiger charge is 2.16. The van der Waals surface area contributed by atoms with Crippen LogP contribution in [0.15, 0.2) is 47.4 Å². The fraction of sp³-hybridized carbons (Fsp3) is 0.333. The Morgan fingerprint density at radius 2 is 1.87 bits per heavy atom. The van der Waals surface area contributed by atoms with Crippen LogP contribution in [0, 0.1) is 0 Å². The van der Waals surface area contributed by atoms with Crippen molar-refractivity contribution in [2.45, 2.75) is 44.3 Å². The third-order valence-corrected chi connectivity index (χ3v) is 5.60. The van der Waals surface area contributed by atoms with Crippen LogP contribution in [0.1, 0.15) is 42.0 Å². The van der Waals surface area contributed by atoms with Gasteiger partial charge in [0.25, 0.3) is 0 Å². The molecule has 0 bridgehead atoms. The van der Waals surface area contributed by atoms with Gasteiger partial charge in [0.15, 0.2) is 0 Å². The zero-order chi connectivity index (χ0) is 16.4. The molecule has 1 heterocycles. The van der Waals surface area contributed by atoms with Gasteiger partial charge in [-0.3, -0.25) is 0 Å². The first-order valence-electron chi connectivity index (χ1n) is 7.87. The van der Waals surface area contributed by atoms with Crippen LogP contribution >= 0.6 is 0 Å². The van der Waals surface area contributed by atoms with E-state index in [1.807, 2.05) is 12.1 Å². The largest absolute Gasteiger partial charge is 0.309 e. The Kier molecular flexibility index (Phi) is 4.53. The standard InChI is InChI=1S/C18H22N2O2S/c1-13(2)15-4-3-5-18(9-15)23(21,22)20-10-14-6-7-16-11-19-12-17(16)8-14/h3-9,13,19-20H,10-12H2,1-2H3. The normalized spacial score (nSPS) is 14.2. The van der Waals surface area contributed by atoms with E-state index in [0.717, 1.165) is 24.2 Å². The Hall–Kier alpha value is -1.69. The molecule has 0 aliphatic carbocycles. The van der Waals surface area contributed by atoms with Gasteiger partial charge in [0, 0.05) is 19.6 Å². The van der Waals surface area contributed by atoms with Gasteiger partial charge in [0.1, 0.15) is 0 Å². The van der Waals surface area contributed by atoms with Gasteiger partial charge in [0.2, 0.25) is 10.0 Å². The van der Waals surface area contributed by atoms with Crippen LogP contribution in [0.25, 0.3) is 0 Å². The predicted octanol–water partition coefficient (Wildman–Crippen LogP) is 2.89. The Labute approximate surface area is 138 Å². The van der Waals surface area contributed by atoms with Gasteiger partial charge >= 0.3 is 0 Å². The zero-order valence-electron chi connectivity index (χ0n) is 13.5. The Bertz CT molecular complexity index is 814. The average Bonchev–Trinajstić information content (AvgIpc) is 3.01. The van der Waals surface area contributed by atoms with Gasteiger partial charge in [-0.1, -0.05) is 44.2 Å². The SMILES string of the molecule is CC(C)c1cccc(S(=O)(=O)NCc2ccc3c(c2)CNC3)c1. The lowest BCUT2D eigenvalue weighted by Crippen LogP contribution is -2.23. The van der Waals surface area contributed by atoms with Crippen molar-refractivity contribution in [3.63, 3.8) is 0 Å². The van der Waals surface area contributed by atoms with E-state index in [-0.39, 0.29) is 0 Å². The molecular weight excluding hydrogens is 308 g/mol. The van der Waals surface area contributed by atoms with Crippen molar-refractivity contribution >= 4 is 10.0 Å². The molecule has 122 valence electrons. The van der Waals surface area contributed by atoms with Crippen molar-refractivity contribution in [1.82, 2.24) is 10.0 Å². The van der Waals surface area contributed by atoms with Crippen LogP contribution in [-0.2, 0) is 29.7 Å². The molecular formula is C18H22N2O2S. The molecule has 0 spiro atoms. The molecule has 2 aromatic carbocycles. The van der Waals surface area contributed by atoms with Crippen molar-refractivity contribution < 1.29 is 8.42 Å². The zero-order valence-corrected chi connectivity index (χ0v) is 14.3. The lowest BCUT2D eigenvalue weighted by Gasteiger charge is -2.11. The molecule has 2 N–H and O–H groups in total. The first-order chi connectivity index (χ1) is 11.0. The minimum Gasteiger partial charge on any atom is -0.309 e. The van der Waals surface area contributed by atoms with Gasteiger partial charge in [0.05, 0.1) is 4.90 Å². The Morgan fingerprint density at radius 1 is 1.09 bits per heavy atom. The number of nitrogens with one attached hydrogen (secondary N) is 2. The maximum Gasteiger partial charge on any atom is 0.240 e. The summed E-state index contributed by atoms with van der Waals surface area (Å²) in [6.45, 7) is 6.16. The lowest BCUT2D eigenvalue weighted by atomic mass is 10.0. The van der Waals surface area contributed by atoms with E-state index in [0.29, 0.717) is 17.4 Å². The van der Waals surface area contributed by atoms with E-state index < -0.39 is 10.0 Å². The van der Waals surface area contributed by atoms with Crippen LogP contribution in [0.2, 0.25) is 0 Å². The Balaban J connectivity index is 1.75. The van der Waals surface area contributed by atoms with Crippen molar-refractivity contribution in [3.05, 3.63) is 64.7 Å².